The van der Waals surface area contributed by atoms with Gasteiger partial charge in [0.2, 0.25) is 0 Å². The molecule has 0 spiro atoms. The predicted molar refractivity (Wildman–Crippen MR) is 90.5 cm³/mol. The summed E-state index contributed by atoms with van der Waals surface area (Å²) in [5, 5.41) is 19.3. The number of carboxylic acids is 1. The average molecular weight is 343 g/mol. The quantitative estimate of drug-likeness (QED) is 0.631. The Balaban J connectivity index is 0.000000550. The van der Waals surface area contributed by atoms with Gasteiger partial charge in [0.05, 0.1) is 20.2 Å². The summed E-state index contributed by atoms with van der Waals surface area (Å²) in [6, 6.07) is 13.6. The molecule has 0 fully saturated rings. The summed E-state index contributed by atoms with van der Waals surface area (Å²) in [4.78, 5) is 21.3. The molecule has 0 aromatic heterocycles. The lowest BCUT2D eigenvalue weighted by Gasteiger charge is -2.13. The van der Waals surface area contributed by atoms with Crippen LogP contribution in [0.4, 0.5) is 0 Å². The highest BCUT2D eigenvalue weighted by Gasteiger charge is 2.20. The minimum Gasteiger partial charge on any atom is -0.545 e. The fraction of sp³-hybridized carbons (Fsp3) is 0.158. The zero-order chi connectivity index (χ0) is 18.8. The van der Waals surface area contributed by atoms with Gasteiger partial charge in [-0.2, -0.15) is 0 Å². The number of hydrogen-bond donors (Lipinski definition) is 1. The topological polar surface area (TPSA) is 95.9 Å². The van der Waals surface area contributed by atoms with Crippen molar-refractivity contribution in [3.8, 4) is 11.5 Å². The summed E-state index contributed by atoms with van der Waals surface area (Å²) < 4.78 is 10.3. The molecule has 2 aromatic carbocycles. The van der Waals surface area contributed by atoms with E-state index < -0.39 is 12.1 Å². The van der Waals surface area contributed by atoms with Crippen LogP contribution in [0.3, 0.4) is 0 Å². The third kappa shape index (κ3) is 5.78. The lowest BCUT2D eigenvalue weighted by atomic mass is 10.00. The van der Waals surface area contributed by atoms with E-state index in [9.17, 15) is 9.90 Å². The Labute approximate surface area is 145 Å². The van der Waals surface area contributed by atoms with Gasteiger partial charge in [-0.3, -0.25) is 4.79 Å². The van der Waals surface area contributed by atoms with Crippen molar-refractivity contribution in [2.75, 3.05) is 14.2 Å². The molecule has 25 heavy (non-hydrogen) atoms. The van der Waals surface area contributed by atoms with Crippen molar-refractivity contribution < 1.29 is 29.3 Å². The van der Waals surface area contributed by atoms with Gasteiger partial charge in [0.25, 0.3) is 0 Å². The number of aliphatic hydroxyl groups is 1. The van der Waals surface area contributed by atoms with Gasteiger partial charge in [0.15, 0.2) is 17.3 Å². The number of benzene rings is 2. The van der Waals surface area contributed by atoms with Crippen LogP contribution < -0.4 is 14.6 Å². The molecule has 0 saturated carbocycles. The van der Waals surface area contributed by atoms with Gasteiger partial charge in [0.1, 0.15) is 6.10 Å². The number of carbonyl (C=O) groups is 2. The normalized spacial score (nSPS) is 10.7. The van der Waals surface area contributed by atoms with E-state index in [0.717, 1.165) is 6.08 Å². The molecular formula is C19H19O6-. The molecule has 0 saturated heterocycles. The van der Waals surface area contributed by atoms with Crippen LogP contribution >= 0.6 is 0 Å². The first kappa shape index (κ1) is 19.9. The molecule has 0 aliphatic rings. The van der Waals surface area contributed by atoms with Crippen LogP contribution in [0.25, 0.3) is 0 Å². The number of aliphatic carboxylic acids is 1. The maximum atomic E-state index is 12.2. The number of carboxylic acid groups (broad SMARTS) is 1. The Morgan fingerprint density at radius 1 is 1.08 bits per heavy atom. The fourth-order valence-corrected chi connectivity index (χ4v) is 1.93. The molecule has 0 heterocycles. The van der Waals surface area contributed by atoms with Crippen LogP contribution in [-0.4, -0.2) is 31.1 Å². The molecule has 0 bridgehead atoms. The van der Waals surface area contributed by atoms with Gasteiger partial charge in [0, 0.05) is 5.56 Å². The van der Waals surface area contributed by atoms with Crippen LogP contribution in [0, 0.1) is 0 Å². The van der Waals surface area contributed by atoms with Crippen LogP contribution in [0.15, 0.2) is 61.2 Å². The first-order valence-corrected chi connectivity index (χ1v) is 7.27. The highest BCUT2D eigenvalue weighted by Crippen LogP contribution is 2.30. The average Bonchev–Trinajstić information content (AvgIpc) is 2.67. The molecule has 6 heteroatoms. The Bertz CT molecular complexity index is 724. The van der Waals surface area contributed by atoms with E-state index in [1.807, 2.05) is 6.07 Å². The Morgan fingerprint density at radius 3 is 2.12 bits per heavy atom. The van der Waals surface area contributed by atoms with Gasteiger partial charge in [-0.25, -0.2) is 0 Å². The molecule has 132 valence electrons. The maximum absolute atomic E-state index is 12.2. The van der Waals surface area contributed by atoms with E-state index in [1.54, 1.807) is 42.5 Å². The largest absolute Gasteiger partial charge is 0.545 e. The van der Waals surface area contributed by atoms with E-state index in [4.69, 9.17) is 19.4 Å². The van der Waals surface area contributed by atoms with Gasteiger partial charge >= 0.3 is 0 Å². The monoisotopic (exact) mass is 343 g/mol. The highest BCUT2D eigenvalue weighted by molar-refractivity contribution is 5.99. The van der Waals surface area contributed by atoms with Gasteiger partial charge in [-0.05, 0) is 23.8 Å². The van der Waals surface area contributed by atoms with Crippen molar-refractivity contribution in [3.63, 3.8) is 0 Å². The van der Waals surface area contributed by atoms with Crippen LogP contribution in [-0.2, 0) is 4.79 Å². The van der Waals surface area contributed by atoms with E-state index in [2.05, 4.69) is 6.58 Å². The van der Waals surface area contributed by atoms with Crippen molar-refractivity contribution in [2.45, 2.75) is 6.10 Å². The highest BCUT2D eigenvalue weighted by atomic mass is 16.5. The van der Waals surface area contributed by atoms with Crippen molar-refractivity contribution in [2.24, 2.45) is 0 Å². The van der Waals surface area contributed by atoms with Crippen LogP contribution in [0.1, 0.15) is 22.0 Å². The number of ether oxygens (including phenoxy) is 2. The molecule has 2 rings (SSSR count). The molecule has 1 N–H and O–H groups in total. The number of hydrogen-bond acceptors (Lipinski definition) is 6. The summed E-state index contributed by atoms with van der Waals surface area (Å²) in [6.07, 6.45) is -0.503. The third-order valence-electron chi connectivity index (χ3n) is 3.20. The van der Waals surface area contributed by atoms with Crippen molar-refractivity contribution in [3.05, 3.63) is 72.3 Å². The summed E-state index contributed by atoms with van der Waals surface area (Å²) >= 11 is 0. The molecule has 0 aliphatic carbocycles. The zero-order valence-corrected chi connectivity index (χ0v) is 14.0. The maximum Gasteiger partial charge on any atom is 0.195 e. The van der Waals surface area contributed by atoms with Crippen molar-refractivity contribution in [1.29, 1.82) is 0 Å². The van der Waals surface area contributed by atoms with Crippen LogP contribution in [0.2, 0.25) is 0 Å². The van der Waals surface area contributed by atoms with Gasteiger partial charge in [-0.1, -0.05) is 43.0 Å². The summed E-state index contributed by atoms with van der Waals surface area (Å²) in [6.45, 7) is 2.90. The summed E-state index contributed by atoms with van der Waals surface area (Å²) in [5.74, 6) is -0.552. The number of carbonyl (C=O) groups excluding carboxylic acids is 2. The Kier molecular flexibility index (Phi) is 7.89. The second-order valence-electron chi connectivity index (χ2n) is 4.77. The molecule has 6 nitrogen and oxygen atoms in total. The first-order chi connectivity index (χ1) is 11.9. The summed E-state index contributed by atoms with van der Waals surface area (Å²) in [5.41, 5.74) is 0.936. The number of Topliss-reactive ketones (excluding diaryl/α,β-unsaturated/α-hetero) is 1. The lowest BCUT2D eigenvalue weighted by molar-refractivity contribution is -0.297. The van der Waals surface area contributed by atoms with E-state index in [0.29, 0.717) is 22.6 Å². The Hall–Kier alpha value is -3.12. The number of rotatable bonds is 6. The molecule has 2 aromatic rings. The minimum absolute atomic E-state index is 0.349. The summed E-state index contributed by atoms with van der Waals surface area (Å²) in [7, 11) is 3.04. The van der Waals surface area contributed by atoms with E-state index >= 15 is 0 Å². The predicted octanol–water partition coefficient (Wildman–Crippen LogP) is 1.54. The number of ketones is 1. The minimum atomic E-state index is -1.23. The van der Waals surface area contributed by atoms with Crippen molar-refractivity contribution >= 4 is 11.8 Å². The smallest absolute Gasteiger partial charge is 0.195 e. The number of methoxy groups -OCH3 is 2. The van der Waals surface area contributed by atoms with Crippen molar-refractivity contribution in [1.82, 2.24) is 0 Å². The molecule has 0 amide bonds. The second-order valence-corrected chi connectivity index (χ2v) is 4.77. The zero-order valence-electron chi connectivity index (χ0n) is 14.0. The molecule has 0 radical (unpaired) electrons. The second kappa shape index (κ2) is 9.89. The van der Waals surface area contributed by atoms with Gasteiger partial charge < -0.3 is 24.5 Å². The molecule has 0 aliphatic heterocycles. The lowest BCUT2D eigenvalue weighted by Crippen LogP contribution is -2.17. The molecular weight excluding hydrogens is 324 g/mol. The van der Waals surface area contributed by atoms with E-state index in [1.165, 1.54) is 14.2 Å². The molecule has 1 atom stereocenters. The van der Waals surface area contributed by atoms with E-state index in [-0.39, 0.29) is 5.78 Å². The SMILES string of the molecule is C=CC(=O)[O-].COc1ccc(C(O)C(=O)c2ccccc2)cc1OC. The fourth-order valence-electron chi connectivity index (χ4n) is 1.93. The number of aliphatic hydroxyl groups excluding tert-OH is 1. The van der Waals surface area contributed by atoms with Gasteiger partial charge in [-0.15, -0.1) is 0 Å². The third-order valence-corrected chi connectivity index (χ3v) is 3.20. The molecule has 1 unspecified atom stereocenters. The first-order valence-electron chi connectivity index (χ1n) is 7.27. The standard InChI is InChI=1S/C16H16O4.C3H4O2/c1-19-13-9-8-12(10-14(13)20-2)16(18)15(17)11-6-4-3-5-7-11;1-2-3(4)5/h3-10,16,18H,1-2H3;2H,1H2,(H,4,5)/p-1. The van der Waals surface area contributed by atoms with Crippen LogP contribution in [0.5, 0.6) is 11.5 Å². The Morgan fingerprint density at radius 2 is 1.64 bits per heavy atom.